The van der Waals surface area contributed by atoms with E-state index < -0.39 is 17.7 Å². The van der Waals surface area contributed by atoms with Gasteiger partial charge >= 0.3 is 6.09 Å². The number of rotatable bonds is 7. The normalized spacial score (nSPS) is 15.7. The van der Waals surface area contributed by atoms with Crippen LogP contribution in [0.3, 0.4) is 0 Å². The molecule has 0 aliphatic carbocycles. The third-order valence-electron chi connectivity index (χ3n) is 4.83. The van der Waals surface area contributed by atoms with Crippen LogP contribution in [0.1, 0.15) is 46.6 Å². The fraction of sp³-hybridized carbons (Fsp3) is 0.619. The van der Waals surface area contributed by atoms with Crippen LogP contribution in [-0.2, 0) is 16.0 Å². The number of fused-ring (bicyclic) bond motifs is 1. The molecule has 1 heterocycles. The number of anilines is 1. The summed E-state index contributed by atoms with van der Waals surface area (Å²) in [6.07, 6.45) is 1.27. The molecule has 2 rings (SSSR count). The lowest BCUT2D eigenvalue weighted by molar-refractivity contribution is -0.124. The van der Waals surface area contributed by atoms with E-state index in [-0.39, 0.29) is 11.8 Å². The first kappa shape index (κ1) is 21.1. The van der Waals surface area contributed by atoms with Crippen LogP contribution in [0.4, 0.5) is 10.5 Å². The van der Waals surface area contributed by atoms with E-state index in [9.17, 15) is 9.59 Å². The summed E-state index contributed by atoms with van der Waals surface area (Å²) in [5.74, 6) is -0.146. The molecule has 0 bridgehead atoms. The van der Waals surface area contributed by atoms with E-state index in [0.29, 0.717) is 6.54 Å². The lowest BCUT2D eigenvalue weighted by Crippen LogP contribution is -2.52. The average molecular weight is 376 g/mol. The summed E-state index contributed by atoms with van der Waals surface area (Å²) < 4.78 is 5.30. The summed E-state index contributed by atoms with van der Waals surface area (Å²) in [6, 6.07) is 7.77. The van der Waals surface area contributed by atoms with E-state index in [0.717, 1.165) is 25.9 Å². The number of nitrogens with zero attached hydrogens (tertiary/aromatic N) is 1. The third kappa shape index (κ3) is 6.15. The zero-order chi connectivity index (χ0) is 20.0. The summed E-state index contributed by atoms with van der Waals surface area (Å²) in [6.45, 7) is 11.6. The van der Waals surface area contributed by atoms with E-state index in [2.05, 4.69) is 33.7 Å². The van der Waals surface area contributed by atoms with Gasteiger partial charge in [0.1, 0.15) is 11.6 Å². The van der Waals surface area contributed by atoms with Crippen molar-refractivity contribution >= 4 is 17.7 Å². The zero-order valence-electron chi connectivity index (χ0n) is 17.2. The Morgan fingerprint density at radius 3 is 2.63 bits per heavy atom. The number of nitrogens with one attached hydrogen (secondary N) is 2. The second-order valence-corrected chi connectivity index (χ2v) is 8.17. The summed E-state index contributed by atoms with van der Waals surface area (Å²) in [4.78, 5) is 27.0. The van der Waals surface area contributed by atoms with Crippen LogP contribution >= 0.6 is 0 Å². The monoisotopic (exact) mass is 375 g/mol. The van der Waals surface area contributed by atoms with Gasteiger partial charge in [-0.05, 0) is 44.7 Å². The highest BCUT2D eigenvalue weighted by molar-refractivity contribution is 5.86. The quantitative estimate of drug-likeness (QED) is 0.768. The van der Waals surface area contributed by atoms with Gasteiger partial charge in [0.2, 0.25) is 5.91 Å². The minimum atomic E-state index is -0.601. The first-order valence-corrected chi connectivity index (χ1v) is 9.81. The van der Waals surface area contributed by atoms with Crippen molar-refractivity contribution in [3.8, 4) is 0 Å². The first-order valence-electron chi connectivity index (χ1n) is 9.81. The Morgan fingerprint density at radius 1 is 1.26 bits per heavy atom. The molecule has 2 unspecified atom stereocenters. The predicted octanol–water partition coefficient (Wildman–Crippen LogP) is 3.10. The summed E-state index contributed by atoms with van der Waals surface area (Å²) >= 11 is 0. The van der Waals surface area contributed by atoms with E-state index in [1.54, 1.807) is 20.8 Å². The lowest BCUT2D eigenvalue weighted by Gasteiger charge is -2.27. The maximum absolute atomic E-state index is 12.7. The van der Waals surface area contributed by atoms with Gasteiger partial charge in [-0.3, -0.25) is 4.79 Å². The van der Waals surface area contributed by atoms with Crippen molar-refractivity contribution in [1.82, 2.24) is 10.6 Å². The second-order valence-electron chi connectivity index (χ2n) is 8.17. The van der Waals surface area contributed by atoms with Crippen LogP contribution in [0, 0.1) is 5.92 Å². The minimum Gasteiger partial charge on any atom is -0.444 e. The molecule has 1 aliphatic rings. The van der Waals surface area contributed by atoms with Gasteiger partial charge in [0, 0.05) is 25.3 Å². The van der Waals surface area contributed by atoms with Crippen LogP contribution in [0.2, 0.25) is 0 Å². The number of ether oxygens (including phenoxy) is 1. The highest BCUT2D eigenvalue weighted by atomic mass is 16.6. The number of benzene rings is 1. The first-order chi connectivity index (χ1) is 12.7. The standard InChI is InChI=1S/C21H33N3O3/c1-6-15(2)18(23-20(26)27-21(3,4)5)19(25)22-12-14-24-13-11-16-9-7-8-10-17(16)24/h7-10,15,18H,6,11-14H2,1-5H3,(H,22,25)(H,23,26). The van der Waals surface area contributed by atoms with Gasteiger partial charge in [-0.2, -0.15) is 0 Å². The Bertz CT molecular complexity index is 654. The van der Waals surface area contributed by atoms with E-state index >= 15 is 0 Å². The molecule has 6 nitrogen and oxygen atoms in total. The topological polar surface area (TPSA) is 70.7 Å². The van der Waals surface area contributed by atoms with Crippen molar-refractivity contribution < 1.29 is 14.3 Å². The molecule has 1 aromatic rings. The third-order valence-corrected chi connectivity index (χ3v) is 4.83. The van der Waals surface area contributed by atoms with Gasteiger partial charge in [-0.1, -0.05) is 38.5 Å². The zero-order valence-corrected chi connectivity index (χ0v) is 17.2. The van der Waals surface area contributed by atoms with Gasteiger partial charge in [0.15, 0.2) is 0 Å². The van der Waals surface area contributed by atoms with Gasteiger partial charge in [0.25, 0.3) is 0 Å². The molecule has 27 heavy (non-hydrogen) atoms. The summed E-state index contributed by atoms with van der Waals surface area (Å²) in [5, 5.41) is 5.70. The second kappa shape index (κ2) is 9.11. The van der Waals surface area contributed by atoms with Gasteiger partial charge in [0.05, 0.1) is 0 Å². The molecule has 0 saturated heterocycles. The molecule has 150 valence electrons. The smallest absolute Gasteiger partial charge is 0.408 e. The number of alkyl carbamates (subject to hydrolysis) is 1. The Hall–Kier alpha value is -2.24. The Morgan fingerprint density at radius 2 is 1.96 bits per heavy atom. The number of carbonyl (C=O) groups excluding carboxylic acids is 2. The van der Waals surface area contributed by atoms with E-state index in [4.69, 9.17) is 4.74 Å². The van der Waals surface area contributed by atoms with Crippen LogP contribution in [0.5, 0.6) is 0 Å². The number of para-hydroxylation sites is 1. The maximum atomic E-state index is 12.7. The van der Waals surface area contributed by atoms with E-state index in [1.165, 1.54) is 11.3 Å². The Balaban J connectivity index is 1.87. The van der Waals surface area contributed by atoms with Crippen LogP contribution in [0.15, 0.2) is 24.3 Å². The van der Waals surface area contributed by atoms with Crippen molar-refractivity contribution in [1.29, 1.82) is 0 Å². The number of amides is 2. The van der Waals surface area contributed by atoms with Gasteiger partial charge in [-0.25, -0.2) is 4.79 Å². The molecular weight excluding hydrogens is 342 g/mol. The SMILES string of the molecule is CCC(C)C(NC(=O)OC(C)(C)C)C(=O)NCCN1CCc2ccccc21. The van der Waals surface area contributed by atoms with Crippen molar-refractivity contribution in [2.45, 2.75) is 59.1 Å². The fourth-order valence-corrected chi connectivity index (χ4v) is 3.20. The average Bonchev–Trinajstić information content (AvgIpc) is 3.00. The fourth-order valence-electron chi connectivity index (χ4n) is 3.20. The molecular formula is C21H33N3O3. The van der Waals surface area contributed by atoms with Crippen molar-refractivity contribution in [3.05, 3.63) is 29.8 Å². The number of hydrogen-bond donors (Lipinski definition) is 2. The molecule has 1 aliphatic heterocycles. The Labute approximate surface area is 162 Å². The summed E-state index contributed by atoms with van der Waals surface area (Å²) in [5.41, 5.74) is 2.01. The molecule has 1 aromatic carbocycles. The highest BCUT2D eigenvalue weighted by Crippen LogP contribution is 2.26. The van der Waals surface area contributed by atoms with Crippen LogP contribution < -0.4 is 15.5 Å². The largest absolute Gasteiger partial charge is 0.444 e. The minimum absolute atomic E-state index is 0.0185. The molecule has 0 saturated carbocycles. The van der Waals surface area contributed by atoms with Crippen molar-refractivity contribution in [2.24, 2.45) is 5.92 Å². The molecule has 0 fully saturated rings. The molecule has 0 aromatic heterocycles. The highest BCUT2D eigenvalue weighted by Gasteiger charge is 2.28. The van der Waals surface area contributed by atoms with Crippen LogP contribution in [-0.4, -0.2) is 43.3 Å². The molecule has 2 atom stereocenters. The lowest BCUT2D eigenvalue weighted by atomic mass is 9.98. The molecule has 2 amide bonds. The van der Waals surface area contributed by atoms with Crippen molar-refractivity contribution in [3.63, 3.8) is 0 Å². The number of carbonyl (C=O) groups is 2. The summed E-state index contributed by atoms with van der Waals surface area (Å²) in [7, 11) is 0. The predicted molar refractivity (Wildman–Crippen MR) is 108 cm³/mol. The molecule has 6 heteroatoms. The van der Waals surface area contributed by atoms with Gasteiger partial charge < -0.3 is 20.3 Å². The molecule has 2 N–H and O–H groups in total. The van der Waals surface area contributed by atoms with Crippen molar-refractivity contribution in [2.75, 3.05) is 24.5 Å². The number of hydrogen-bond acceptors (Lipinski definition) is 4. The van der Waals surface area contributed by atoms with Crippen LogP contribution in [0.25, 0.3) is 0 Å². The molecule has 0 spiro atoms. The Kier molecular flexibility index (Phi) is 7.11. The van der Waals surface area contributed by atoms with Gasteiger partial charge in [-0.15, -0.1) is 0 Å². The molecule has 0 radical (unpaired) electrons. The maximum Gasteiger partial charge on any atom is 0.408 e. The van der Waals surface area contributed by atoms with E-state index in [1.807, 2.05) is 19.9 Å².